The van der Waals surface area contributed by atoms with Crippen LogP contribution in [0.4, 0.5) is 5.82 Å². The van der Waals surface area contributed by atoms with Gasteiger partial charge >= 0.3 is 5.69 Å². The van der Waals surface area contributed by atoms with E-state index in [-0.39, 0.29) is 5.82 Å². The molecule has 0 saturated carbocycles. The van der Waals surface area contributed by atoms with E-state index in [1.165, 1.54) is 10.6 Å². The number of hydrogen-bond donors (Lipinski definition) is 2. The molecule has 0 unspecified atom stereocenters. The van der Waals surface area contributed by atoms with Crippen molar-refractivity contribution in [2.75, 3.05) is 5.73 Å². The lowest BCUT2D eigenvalue weighted by Gasteiger charge is -2.07. The van der Waals surface area contributed by atoms with E-state index in [0.29, 0.717) is 13.1 Å². The first-order chi connectivity index (χ1) is 7.66. The molecule has 0 fully saturated rings. The summed E-state index contributed by atoms with van der Waals surface area (Å²) in [5.41, 5.74) is 4.54. The summed E-state index contributed by atoms with van der Waals surface area (Å²) in [5.74, 6) is 0.133. The average molecular weight is 222 g/mol. The predicted molar refractivity (Wildman–Crippen MR) is 55.8 cm³/mol. The van der Waals surface area contributed by atoms with E-state index in [2.05, 4.69) is 15.3 Å². The maximum absolute atomic E-state index is 11.4. The van der Waals surface area contributed by atoms with Crippen LogP contribution in [0, 0.1) is 0 Å². The van der Waals surface area contributed by atoms with Gasteiger partial charge < -0.3 is 5.73 Å². The highest BCUT2D eigenvalue weighted by Gasteiger charge is 2.02. The van der Waals surface area contributed by atoms with Crippen LogP contribution < -0.4 is 17.0 Å². The van der Waals surface area contributed by atoms with E-state index in [0.717, 1.165) is 0 Å². The van der Waals surface area contributed by atoms with E-state index < -0.39 is 11.2 Å². The molecule has 0 amide bonds. The van der Waals surface area contributed by atoms with Crippen molar-refractivity contribution in [1.29, 1.82) is 0 Å². The monoisotopic (exact) mass is 222 g/mol. The van der Waals surface area contributed by atoms with Gasteiger partial charge in [0.15, 0.2) is 0 Å². The summed E-state index contributed by atoms with van der Waals surface area (Å²) in [6.45, 7) is 0.779. The van der Waals surface area contributed by atoms with Gasteiger partial charge in [0, 0.05) is 18.8 Å². The molecule has 0 spiro atoms. The number of nitrogens with two attached hydrogens (primary N) is 1. The van der Waals surface area contributed by atoms with Gasteiger partial charge in [0.2, 0.25) is 0 Å². The second-order valence-corrected chi connectivity index (χ2v) is 3.18. The molecular formula is C8H10N6O2. The zero-order valence-corrected chi connectivity index (χ0v) is 8.33. The smallest absolute Gasteiger partial charge is 0.329 e. The topological polar surface area (TPSA) is 112 Å². The van der Waals surface area contributed by atoms with Gasteiger partial charge in [-0.05, 0) is 0 Å². The Morgan fingerprint density at radius 1 is 1.38 bits per heavy atom. The zero-order valence-electron chi connectivity index (χ0n) is 8.33. The highest BCUT2D eigenvalue weighted by atomic mass is 16.2. The van der Waals surface area contributed by atoms with Crippen LogP contribution in [-0.4, -0.2) is 24.5 Å². The van der Waals surface area contributed by atoms with E-state index in [1.807, 2.05) is 0 Å². The van der Waals surface area contributed by atoms with Gasteiger partial charge in [-0.25, -0.2) is 4.79 Å². The minimum Gasteiger partial charge on any atom is -0.385 e. The molecule has 0 aromatic carbocycles. The molecule has 2 heterocycles. The van der Waals surface area contributed by atoms with Gasteiger partial charge in [-0.1, -0.05) is 5.21 Å². The molecule has 2 aromatic heterocycles. The number of aryl methyl sites for hydroxylation is 1. The Morgan fingerprint density at radius 2 is 2.19 bits per heavy atom. The van der Waals surface area contributed by atoms with E-state index in [9.17, 15) is 9.59 Å². The van der Waals surface area contributed by atoms with Crippen molar-refractivity contribution < 1.29 is 0 Å². The van der Waals surface area contributed by atoms with Gasteiger partial charge in [0.05, 0.1) is 12.7 Å². The van der Waals surface area contributed by atoms with Crippen molar-refractivity contribution in [3.63, 3.8) is 0 Å². The molecule has 2 aromatic rings. The lowest BCUT2D eigenvalue weighted by Crippen LogP contribution is -2.32. The summed E-state index contributed by atoms with van der Waals surface area (Å²) in [7, 11) is 0. The first kappa shape index (κ1) is 10.1. The molecule has 2 rings (SSSR count). The molecule has 0 aliphatic heterocycles. The number of H-pyrrole nitrogens is 1. The standard InChI is InChI=1S/C8H10N6O2/c9-6-5-7(15)11-8(16)14(6)4-3-13-2-1-10-12-13/h1-2,5H,3-4,9H2,(H,11,15,16). The molecule has 16 heavy (non-hydrogen) atoms. The maximum Gasteiger partial charge on any atom is 0.329 e. The number of anilines is 1. The van der Waals surface area contributed by atoms with E-state index in [4.69, 9.17) is 5.73 Å². The Balaban J connectivity index is 2.22. The first-order valence-electron chi connectivity index (χ1n) is 4.60. The highest BCUT2D eigenvalue weighted by molar-refractivity contribution is 5.25. The van der Waals surface area contributed by atoms with Crippen LogP contribution in [0.5, 0.6) is 0 Å². The average Bonchev–Trinajstić information content (AvgIpc) is 2.68. The van der Waals surface area contributed by atoms with Crippen molar-refractivity contribution in [3.8, 4) is 0 Å². The van der Waals surface area contributed by atoms with Crippen molar-refractivity contribution in [1.82, 2.24) is 24.5 Å². The molecule has 0 aliphatic carbocycles. The first-order valence-corrected chi connectivity index (χ1v) is 4.60. The Morgan fingerprint density at radius 3 is 2.81 bits per heavy atom. The Labute approximate surface area is 89.3 Å². The number of nitrogen functional groups attached to an aromatic ring is 1. The molecule has 8 nitrogen and oxygen atoms in total. The number of nitrogens with zero attached hydrogens (tertiary/aromatic N) is 4. The molecule has 0 atom stereocenters. The summed E-state index contributed by atoms with van der Waals surface area (Å²) >= 11 is 0. The third-order valence-electron chi connectivity index (χ3n) is 2.09. The molecule has 8 heteroatoms. The molecule has 0 saturated heterocycles. The maximum atomic E-state index is 11.4. The van der Waals surface area contributed by atoms with Crippen molar-refractivity contribution in [2.45, 2.75) is 13.1 Å². The second kappa shape index (κ2) is 4.01. The summed E-state index contributed by atoms with van der Waals surface area (Å²) in [5, 5.41) is 7.38. The van der Waals surface area contributed by atoms with Gasteiger partial charge in [-0.15, -0.1) is 5.10 Å². The molecule has 84 valence electrons. The van der Waals surface area contributed by atoms with Crippen molar-refractivity contribution in [2.24, 2.45) is 0 Å². The van der Waals surface area contributed by atoms with Crippen LogP contribution in [0.2, 0.25) is 0 Å². The van der Waals surface area contributed by atoms with E-state index in [1.54, 1.807) is 17.1 Å². The molecular weight excluding hydrogens is 212 g/mol. The van der Waals surface area contributed by atoms with Crippen LogP contribution in [0.25, 0.3) is 0 Å². The summed E-state index contributed by atoms with van der Waals surface area (Å²) in [6.07, 6.45) is 3.21. The zero-order chi connectivity index (χ0) is 11.5. The predicted octanol–water partition coefficient (Wildman–Crippen LogP) is -1.59. The Hall–Kier alpha value is -2.38. The fraction of sp³-hybridized carbons (Fsp3) is 0.250. The fourth-order valence-electron chi connectivity index (χ4n) is 1.32. The second-order valence-electron chi connectivity index (χ2n) is 3.18. The lowest BCUT2D eigenvalue weighted by molar-refractivity contribution is 0.508. The van der Waals surface area contributed by atoms with Crippen LogP contribution in [0.3, 0.4) is 0 Å². The number of aromatic amines is 1. The summed E-state index contributed by atoms with van der Waals surface area (Å²) < 4.78 is 2.83. The summed E-state index contributed by atoms with van der Waals surface area (Å²) in [6, 6.07) is 1.17. The molecule has 0 radical (unpaired) electrons. The van der Waals surface area contributed by atoms with Crippen molar-refractivity contribution in [3.05, 3.63) is 39.3 Å². The number of hydrogen-bond acceptors (Lipinski definition) is 5. The molecule has 0 aliphatic rings. The minimum absolute atomic E-state index is 0.133. The third-order valence-corrected chi connectivity index (χ3v) is 2.09. The highest BCUT2D eigenvalue weighted by Crippen LogP contribution is 1.93. The van der Waals surface area contributed by atoms with E-state index >= 15 is 0 Å². The SMILES string of the molecule is Nc1cc(=O)[nH]c(=O)n1CCn1ccnn1. The summed E-state index contributed by atoms with van der Waals surface area (Å²) in [4.78, 5) is 24.5. The number of aromatic nitrogens is 5. The minimum atomic E-state index is -0.523. The van der Waals surface area contributed by atoms with Crippen LogP contribution in [-0.2, 0) is 13.1 Å². The van der Waals surface area contributed by atoms with Crippen LogP contribution >= 0.6 is 0 Å². The van der Waals surface area contributed by atoms with Crippen LogP contribution in [0.15, 0.2) is 28.0 Å². The Kier molecular flexibility index (Phi) is 2.54. The lowest BCUT2D eigenvalue weighted by atomic mass is 10.5. The number of rotatable bonds is 3. The van der Waals surface area contributed by atoms with Gasteiger partial charge in [0.1, 0.15) is 5.82 Å². The largest absolute Gasteiger partial charge is 0.385 e. The normalized spacial score (nSPS) is 10.5. The van der Waals surface area contributed by atoms with Crippen molar-refractivity contribution >= 4 is 5.82 Å². The van der Waals surface area contributed by atoms with Gasteiger partial charge in [-0.2, -0.15) is 0 Å². The third kappa shape index (κ3) is 2.00. The molecule has 3 N–H and O–H groups in total. The number of nitrogens with one attached hydrogen (secondary N) is 1. The molecule has 0 bridgehead atoms. The van der Waals surface area contributed by atoms with Gasteiger partial charge in [0.25, 0.3) is 5.56 Å². The quantitative estimate of drug-likeness (QED) is 0.650. The fourth-order valence-corrected chi connectivity index (χ4v) is 1.32. The van der Waals surface area contributed by atoms with Gasteiger partial charge in [-0.3, -0.25) is 19.0 Å². The Bertz CT molecular complexity index is 581. The van der Waals surface area contributed by atoms with Crippen LogP contribution in [0.1, 0.15) is 0 Å².